The third-order valence-electron chi connectivity index (χ3n) is 6.56. The lowest BCUT2D eigenvalue weighted by Gasteiger charge is -2.46. The zero-order valence-corrected chi connectivity index (χ0v) is 16.6. The van der Waals surface area contributed by atoms with E-state index in [2.05, 4.69) is 36.4 Å². The largest absolute Gasteiger partial charge is 0.452 e. The first kappa shape index (κ1) is 17.5. The average molecular weight is 395 g/mol. The summed E-state index contributed by atoms with van der Waals surface area (Å²) in [5, 5.41) is 0. The number of para-hydroxylation sites is 1. The SMILES string of the molecule is COC(=O)N(C1=C(c2ccccc2)C2C3OC(c4ccccc43)C12)c1ccccc1. The Hall–Kier alpha value is -3.37. The normalized spacial score (nSPS) is 25.4. The molecule has 0 aromatic heterocycles. The maximum absolute atomic E-state index is 13.0. The number of methoxy groups -OCH3 is 1. The van der Waals surface area contributed by atoms with Crippen molar-refractivity contribution >= 4 is 17.4 Å². The van der Waals surface area contributed by atoms with Crippen LogP contribution in [-0.2, 0) is 9.47 Å². The van der Waals surface area contributed by atoms with E-state index >= 15 is 0 Å². The number of nitrogens with zero attached hydrogens (tertiary/aromatic N) is 1. The van der Waals surface area contributed by atoms with Gasteiger partial charge in [0, 0.05) is 17.5 Å². The number of anilines is 1. The van der Waals surface area contributed by atoms with Crippen LogP contribution in [0.4, 0.5) is 10.5 Å². The van der Waals surface area contributed by atoms with E-state index in [1.165, 1.54) is 23.8 Å². The van der Waals surface area contributed by atoms with Crippen LogP contribution in [0.2, 0.25) is 0 Å². The van der Waals surface area contributed by atoms with Crippen LogP contribution >= 0.6 is 0 Å². The molecule has 3 aliphatic rings. The van der Waals surface area contributed by atoms with Crippen molar-refractivity contribution in [2.75, 3.05) is 12.0 Å². The fraction of sp³-hybridized carbons (Fsp3) is 0.192. The summed E-state index contributed by atoms with van der Waals surface area (Å²) in [5.74, 6) is 0.359. The van der Waals surface area contributed by atoms with Crippen LogP contribution < -0.4 is 4.90 Å². The predicted octanol–water partition coefficient (Wildman–Crippen LogP) is 5.74. The number of amides is 1. The molecule has 30 heavy (non-hydrogen) atoms. The van der Waals surface area contributed by atoms with Gasteiger partial charge in [0.2, 0.25) is 0 Å². The zero-order chi connectivity index (χ0) is 20.2. The van der Waals surface area contributed by atoms with Gasteiger partial charge in [0.15, 0.2) is 0 Å². The summed E-state index contributed by atoms with van der Waals surface area (Å²) < 4.78 is 11.7. The molecule has 6 rings (SSSR count). The highest BCUT2D eigenvalue weighted by atomic mass is 16.5. The number of carbonyl (C=O) groups excluding carboxylic acids is 1. The number of ether oxygens (including phenoxy) is 2. The number of hydrogen-bond acceptors (Lipinski definition) is 3. The maximum Gasteiger partial charge on any atom is 0.418 e. The van der Waals surface area contributed by atoms with Gasteiger partial charge in [-0.25, -0.2) is 9.69 Å². The number of fused-ring (bicyclic) bond motifs is 8. The highest BCUT2D eigenvalue weighted by Crippen LogP contribution is 2.69. The molecule has 1 aliphatic carbocycles. The highest BCUT2D eigenvalue weighted by Gasteiger charge is 2.62. The second-order valence-electron chi connectivity index (χ2n) is 7.96. The summed E-state index contributed by atoms with van der Waals surface area (Å²) in [4.78, 5) is 14.7. The monoisotopic (exact) mass is 395 g/mol. The molecular formula is C26H21NO3. The Morgan fingerprint density at radius 1 is 0.800 bits per heavy atom. The molecule has 0 saturated carbocycles. The van der Waals surface area contributed by atoms with Crippen LogP contribution in [0.1, 0.15) is 28.9 Å². The van der Waals surface area contributed by atoms with Gasteiger partial charge in [-0.05, 0) is 34.4 Å². The Bertz CT molecular complexity index is 1160. The van der Waals surface area contributed by atoms with E-state index < -0.39 is 0 Å². The molecule has 2 bridgehead atoms. The quantitative estimate of drug-likeness (QED) is 0.567. The van der Waals surface area contributed by atoms with Crippen molar-refractivity contribution in [1.29, 1.82) is 0 Å². The first-order chi connectivity index (χ1) is 14.8. The second kappa shape index (κ2) is 6.57. The minimum atomic E-state index is -0.376. The van der Waals surface area contributed by atoms with Crippen LogP contribution in [-0.4, -0.2) is 13.2 Å². The van der Waals surface area contributed by atoms with Crippen molar-refractivity contribution in [3.8, 4) is 0 Å². The third-order valence-corrected chi connectivity index (χ3v) is 6.56. The van der Waals surface area contributed by atoms with Crippen molar-refractivity contribution in [3.63, 3.8) is 0 Å². The molecule has 1 amide bonds. The molecule has 2 heterocycles. The molecule has 3 aromatic carbocycles. The Morgan fingerprint density at radius 3 is 2.00 bits per heavy atom. The minimum absolute atomic E-state index is 0.0328. The molecule has 148 valence electrons. The van der Waals surface area contributed by atoms with E-state index in [9.17, 15) is 4.79 Å². The van der Waals surface area contributed by atoms with Crippen molar-refractivity contribution < 1.29 is 14.3 Å². The van der Waals surface area contributed by atoms with E-state index in [0.29, 0.717) is 0 Å². The van der Waals surface area contributed by atoms with Crippen molar-refractivity contribution in [2.24, 2.45) is 11.8 Å². The molecule has 2 aliphatic heterocycles. The van der Waals surface area contributed by atoms with E-state index in [1.807, 2.05) is 48.5 Å². The topological polar surface area (TPSA) is 38.8 Å². The lowest BCUT2D eigenvalue weighted by Crippen LogP contribution is -2.45. The smallest absolute Gasteiger partial charge is 0.418 e. The van der Waals surface area contributed by atoms with Crippen molar-refractivity contribution in [1.82, 2.24) is 0 Å². The van der Waals surface area contributed by atoms with E-state index in [0.717, 1.165) is 16.9 Å². The van der Waals surface area contributed by atoms with Crippen molar-refractivity contribution in [2.45, 2.75) is 12.2 Å². The molecule has 0 N–H and O–H groups in total. The molecule has 4 atom stereocenters. The summed E-state index contributed by atoms with van der Waals surface area (Å²) in [6, 6.07) is 28.5. The zero-order valence-electron chi connectivity index (χ0n) is 16.6. The van der Waals surface area contributed by atoms with Gasteiger partial charge in [-0.3, -0.25) is 0 Å². The lowest BCUT2D eigenvalue weighted by molar-refractivity contribution is 0.0620. The van der Waals surface area contributed by atoms with Gasteiger partial charge in [0.05, 0.1) is 25.0 Å². The maximum atomic E-state index is 13.0. The molecule has 1 saturated heterocycles. The Morgan fingerprint density at radius 2 is 1.37 bits per heavy atom. The third kappa shape index (κ3) is 2.28. The van der Waals surface area contributed by atoms with Crippen LogP contribution in [0.25, 0.3) is 5.57 Å². The molecule has 4 nitrogen and oxygen atoms in total. The van der Waals surface area contributed by atoms with Gasteiger partial charge in [-0.15, -0.1) is 0 Å². The molecule has 4 heteroatoms. The number of rotatable bonds is 3. The van der Waals surface area contributed by atoms with E-state index in [4.69, 9.17) is 9.47 Å². The summed E-state index contributed by atoms with van der Waals surface area (Å²) in [6.07, 6.45) is -0.376. The van der Waals surface area contributed by atoms with Gasteiger partial charge in [-0.1, -0.05) is 72.8 Å². The van der Waals surface area contributed by atoms with Crippen LogP contribution in [0.5, 0.6) is 0 Å². The van der Waals surface area contributed by atoms with Crippen molar-refractivity contribution in [3.05, 3.63) is 107 Å². The number of carbonyl (C=O) groups is 1. The van der Waals surface area contributed by atoms with Gasteiger partial charge >= 0.3 is 6.09 Å². The molecular weight excluding hydrogens is 374 g/mol. The fourth-order valence-electron chi connectivity index (χ4n) is 5.40. The summed E-state index contributed by atoms with van der Waals surface area (Å²) >= 11 is 0. The standard InChI is InChI=1S/C26H21NO3/c1-29-26(28)27(17-12-6-3-7-13-17)23-20(16-10-4-2-5-11-16)21-22(23)25-19-15-9-8-14-18(19)24(21)30-25/h2-15,21-22,24-25H,1H3. The summed E-state index contributed by atoms with van der Waals surface area (Å²) in [7, 11) is 1.43. The first-order valence-corrected chi connectivity index (χ1v) is 10.3. The van der Waals surface area contributed by atoms with Gasteiger partial charge in [0.1, 0.15) is 0 Å². The van der Waals surface area contributed by atoms with Crippen LogP contribution in [0, 0.1) is 11.8 Å². The van der Waals surface area contributed by atoms with Gasteiger partial charge in [-0.2, -0.15) is 0 Å². The minimum Gasteiger partial charge on any atom is -0.452 e. The fourth-order valence-corrected chi connectivity index (χ4v) is 5.40. The number of hydrogen-bond donors (Lipinski definition) is 0. The van der Waals surface area contributed by atoms with E-state index in [1.54, 1.807) is 4.90 Å². The van der Waals surface area contributed by atoms with Crippen LogP contribution in [0.15, 0.2) is 90.6 Å². The lowest BCUT2D eigenvalue weighted by atomic mass is 9.60. The Labute approximate surface area is 175 Å². The Kier molecular flexibility index (Phi) is 3.83. The van der Waals surface area contributed by atoms with Crippen LogP contribution in [0.3, 0.4) is 0 Å². The second-order valence-corrected chi connectivity index (χ2v) is 7.96. The summed E-state index contributed by atoms with van der Waals surface area (Å²) in [5.41, 5.74) is 6.63. The van der Waals surface area contributed by atoms with E-state index in [-0.39, 0.29) is 30.1 Å². The molecule has 0 radical (unpaired) electrons. The Balaban J connectivity index is 1.56. The average Bonchev–Trinajstić information content (AvgIpc) is 3.31. The van der Waals surface area contributed by atoms with Gasteiger partial charge in [0.25, 0.3) is 0 Å². The number of benzene rings is 3. The molecule has 4 unspecified atom stereocenters. The van der Waals surface area contributed by atoms with Gasteiger partial charge < -0.3 is 9.47 Å². The highest BCUT2D eigenvalue weighted by molar-refractivity contribution is 5.97. The molecule has 3 aromatic rings. The first-order valence-electron chi connectivity index (χ1n) is 10.3. The molecule has 1 fully saturated rings. The molecule has 0 spiro atoms. The summed E-state index contributed by atoms with van der Waals surface area (Å²) in [6.45, 7) is 0. The predicted molar refractivity (Wildman–Crippen MR) is 115 cm³/mol.